The zero-order valence-corrected chi connectivity index (χ0v) is 24.2. The van der Waals surface area contributed by atoms with Gasteiger partial charge in [0.25, 0.3) is 0 Å². The van der Waals surface area contributed by atoms with Crippen molar-refractivity contribution in [3.05, 3.63) is 52.5 Å². The molecule has 4 rings (SSSR count). The number of nitrogens with one attached hydrogen (secondary N) is 1. The van der Waals surface area contributed by atoms with Gasteiger partial charge < -0.3 is 24.2 Å². The Morgan fingerprint density at radius 2 is 2.05 bits per heavy atom. The van der Waals surface area contributed by atoms with Crippen LogP contribution in [0.2, 0.25) is 0 Å². The molecule has 1 aromatic carbocycles. The number of hydrogen-bond acceptors (Lipinski definition) is 8. The molecule has 2 unspecified atom stereocenters. The zero-order valence-electron chi connectivity index (χ0n) is 23.4. The highest BCUT2D eigenvalue weighted by molar-refractivity contribution is 7.13. The van der Waals surface area contributed by atoms with E-state index in [2.05, 4.69) is 15.5 Å². The van der Waals surface area contributed by atoms with Crippen molar-refractivity contribution >= 4 is 23.2 Å². The number of nitrogens with zero attached hydrogens (tertiary/aromatic N) is 3. The number of hydrogen-bond donors (Lipinski definition) is 1. The summed E-state index contributed by atoms with van der Waals surface area (Å²) in [6, 6.07) is 7.27. The number of carbonyl (C=O) groups excluding carboxylic acids is 2. The summed E-state index contributed by atoms with van der Waals surface area (Å²) < 4.78 is 17.0. The van der Waals surface area contributed by atoms with E-state index in [1.807, 2.05) is 58.3 Å². The highest BCUT2D eigenvalue weighted by atomic mass is 32.1. The average molecular weight is 555 g/mol. The summed E-state index contributed by atoms with van der Waals surface area (Å²) in [5, 5.41) is 7.02. The van der Waals surface area contributed by atoms with Crippen molar-refractivity contribution in [2.45, 2.75) is 66.0 Å². The number of aromatic nitrogens is 2. The van der Waals surface area contributed by atoms with Crippen LogP contribution in [-0.4, -0.2) is 59.3 Å². The molecule has 9 nitrogen and oxygen atoms in total. The Morgan fingerprint density at radius 1 is 1.23 bits per heavy atom. The molecule has 1 fully saturated rings. The predicted octanol–water partition coefficient (Wildman–Crippen LogP) is 4.88. The lowest BCUT2D eigenvalue weighted by atomic mass is 9.91. The molecule has 2 amide bonds. The minimum Gasteiger partial charge on any atom is -0.491 e. The number of carbonyl (C=O) groups is 2. The molecule has 3 aromatic rings. The van der Waals surface area contributed by atoms with Gasteiger partial charge in [-0.05, 0) is 51.2 Å². The molecule has 0 spiro atoms. The van der Waals surface area contributed by atoms with Crippen LogP contribution in [0.5, 0.6) is 5.75 Å². The lowest BCUT2D eigenvalue weighted by molar-refractivity contribution is -0.140. The van der Waals surface area contributed by atoms with Gasteiger partial charge in [0.05, 0.1) is 28.4 Å². The van der Waals surface area contributed by atoms with Crippen LogP contribution in [-0.2, 0) is 20.9 Å². The van der Waals surface area contributed by atoms with Gasteiger partial charge in [-0.3, -0.25) is 9.59 Å². The van der Waals surface area contributed by atoms with E-state index in [0.717, 1.165) is 33.8 Å². The number of benzene rings is 1. The van der Waals surface area contributed by atoms with E-state index in [0.29, 0.717) is 44.3 Å². The molecule has 0 bridgehead atoms. The maximum Gasteiger partial charge on any atom is 0.243 e. The molecular weight excluding hydrogens is 516 g/mol. The third-order valence-electron chi connectivity index (χ3n) is 6.94. The maximum atomic E-state index is 13.6. The zero-order chi connectivity index (χ0) is 27.9. The topological polar surface area (TPSA) is 107 Å². The molecule has 1 aliphatic heterocycles. The van der Waals surface area contributed by atoms with E-state index in [4.69, 9.17) is 14.0 Å². The van der Waals surface area contributed by atoms with Crippen molar-refractivity contribution in [1.82, 2.24) is 20.4 Å². The summed E-state index contributed by atoms with van der Waals surface area (Å²) in [6.45, 7) is 12.1. The van der Waals surface area contributed by atoms with Crippen LogP contribution >= 0.6 is 11.3 Å². The molecule has 0 saturated carbocycles. The molecule has 10 heteroatoms. The molecule has 0 radical (unpaired) electrons. The van der Waals surface area contributed by atoms with Crippen LogP contribution < -0.4 is 10.1 Å². The Hall–Kier alpha value is -3.24. The third-order valence-corrected chi connectivity index (χ3v) is 7.92. The summed E-state index contributed by atoms with van der Waals surface area (Å²) >= 11 is 1.58. The second-order valence-corrected chi connectivity index (χ2v) is 11.0. The van der Waals surface area contributed by atoms with E-state index in [9.17, 15) is 9.59 Å². The van der Waals surface area contributed by atoms with Gasteiger partial charge in [0.1, 0.15) is 30.1 Å². The second kappa shape index (κ2) is 13.2. The maximum absolute atomic E-state index is 13.6. The molecule has 1 saturated heterocycles. The Balaban J connectivity index is 1.47. The molecule has 0 aliphatic carbocycles. The van der Waals surface area contributed by atoms with E-state index < -0.39 is 12.0 Å². The van der Waals surface area contributed by atoms with Crippen LogP contribution in [0.4, 0.5) is 0 Å². The number of rotatable bonds is 12. The number of aryl methyl sites for hydroxylation is 2. The third kappa shape index (κ3) is 6.86. The highest BCUT2D eigenvalue weighted by Crippen LogP contribution is 2.33. The van der Waals surface area contributed by atoms with E-state index in [1.54, 1.807) is 22.3 Å². The molecular formula is C29H38N4O5S. The summed E-state index contributed by atoms with van der Waals surface area (Å²) in [5.41, 5.74) is 5.41. The van der Waals surface area contributed by atoms with Gasteiger partial charge in [-0.15, -0.1) is 11.3 Å². The van der Waals surface area contributed by atoms with E-state index >= 15 is 0 Å². The lowest BCUT2D eigenvalue weighted by Gasteiger charge is -2.29. The molecule has 2 aromatic heterocycles. The fourth-order valence-electron chi connectivity index (χ4n) is 4.96. The number of ether oxygens (including phenoxy) is 2. The van der Waals surface area contributed by atoms with Gasteiger partial charge in [-0.1, -0.05) is 31.1 Å². The van der Waals surface area contributed by atoms with Crippen LogP contribution in [0.25, 0.3) is 10.4 Å². The standard InChI is InChI=1S/C29H38N4O5S/c1-6-36-12-13-37-24-15-21(27-20(5)31-17-39-27)9-10-22(24)16-30-28(34)23-8-7-11-33(23)29(35)26(18(2)3)25-14-19(4)32-38-25/h9-10,14-15,17-18,23,26H,6-8,11-13,16H2,1-5H3,(H,30,34). The van der Waals surface area contributed by atoms with Crippen molar-refractivity contribution in [2.24, 2.45) is 5.92 Å². The number of amides is 2. The minimum atomic E-state index is -0.524. The second-order valence-electron chi connectivity index (χ2n) is 10.1. The average Bonchev–Trinajstić information content (AvgIpc) is 3.67. The van der Waals surface area contributed by atoms with Gasteiger partial charge in [-0.2, -0.15) is 0 Å². The van der Waals surface area contributed by atoms with Crippen molar-refractivity contribution < 1.29 is 23.6 Å². The molecule has 1 aliphatic rings. The largest absolute Gasteiger partial charge is 0.491 e. The summed E-state index contributed by atoms with van der Waals surface area (Å²) in [4.78, 5) is 34.1. The highest BCUT2D eigenvalue weighted by Gasteiger charge is 2.40. The molecule has 1 N–H and O–H groups in total. The van der Waals surface area contributed by atoms with E-state index in [-0.39, 0.29) is 24.3 Å². The SMILES string of the molecule is CCOCCOc1cc(-c2scnc2C)ccc1CNC(=O)C1CCCN1C(=O)C(c1cc(C)no1)C(C)C. The fraction of sp³-hybridized carbons (Fsp3) is 0.517. The molecule has 39 heavy (non-hydrogen) atoms. The van der Waals surface area contributed by atoms with Crippen molar-refractivity contribution in [3.63, 3.8) is 0 Å². The predicted molar refractivity (Wildman–Crippen MR) is 150 cm³/mol. The quantitative estimate of drug-likeness (QED) is 0.318. The van der Waals surface area contributed by atoms with Crippen molar-refractivity contribution in [3.8, 4) is 16.2 Å². The lowest BCUT2D eigenvalue weighted by Crippen LogP contribution is -2.47. The first-order chi connectivity index (χ1) is 18.8. The summed E-state index contributed by atoms with van der Waals surface area (Å²) in [5.74, 6) is 0.505. The van der Waals surface area contributed by atoms with Gasteiger partial charge in [-0.25, -0.2) is 4.98 Å². The smallest absolute Gasteiger partial charge is 0.243 e. The summed E-state index contributed by atoms with van der Waals surface area (Å²) in [7, 11) is 0. The van der Waals surface area contributed by atoms with Crippen molar-refractivity contribution in [2.75, 3.05) is 26.4 Å². The Bertz CT molecular complexity index is 1270. The first-order valence-corrected chi connectivity index (χ1v) is 14.4. The first kappa shape index (κ1) is 28.8. The van der Waals surface area contributed by atoms with Gasteiger partial charge in [0.15, 0.2) is 0 Å². The first-order valence-electron chi connectivity index (χ1n) is 13.6. The Kier molecular flexibility index (Phi) is 9.74. The van der Waals surface area contributed by atoms with Gasteiger partial charge >= 0.3 is 0 Å². The molecule has 2 atom stereocenters. The molecule has 3 heterocycles. The van der Waals surface area contributed by atoms with Gasteiger partial charge in [0.2, 0.25) is 11.8 Å². The summed E-state index contributed by atoms with van der Waals surface area (Å²) in [6.07, 6.45) is 1.40. The number of likely N-dealkylation sites (tertiary alicyclic amines) is 1. The fourth-order valence-corrected chi connectivity index (χ4v) is 5.76. The van der Waals surface area contributed by atoms with Gasteiger partial charge in [0, 0.05) is 31.3 Å². The minimum absolute atomic E-state index is 0.00579. The van der Waals surface area contributed by atoms with Crippen molar-refractivity contribution in [1.29, 1.82) is 0 Å². The normalized spacial score (nSPS) is 16.1. The number of thiazole rings is 1. The van der Waals surface area contributed by atoms with Crippen LogP contribution in [0, 0.1) is 19.8 Å². The monoisotopic (exact) mass is 554 g/mol. The van der Waals surface area contributed by atoms with Crippen LogP contribution in [0.1, 0.15) is 62.2 Å². The van der Waals surface area contributed by atoms with Crippen LogP contribution in [0.15, 0.2) is 34.3 Å². The van der Waals surface area contributed by atoms with E-state index in [1.165, 1.54) is 0 Å². The molecule has 210 valence electrons. The van der Waals surface area contributed by atoms with Crippen LogP contribution in [0.3, 0.4) is 0 Å². The Labute approximate surface area is 233 Å². The Morgan fingerprint density at radius 3 is 2.72 bits per heavy atom.